The molecule has 10 heteroatoms. The predicted octanol–water partition coefficient (Wildman–Crippen LogP) is 3.31. The Balaban J connectivity index is 1.30. The van der Waals surface area contributed by atoms with E-state index in [1.165, 1.54) is 24.2 Å². The lowest BCUT2D eigenvalue weighted by molar-refractivity contribution is -0.119. The van der Waals surface area contributed by atoms with Gasteiger partial charge in [0.15, 0.2) is 17.4 Å². The van der Waals surface area contributed by atoms with Crippen LogP contribution in [-0.4, -0.2) is 48.1 Å². The summed E-state index contributed by atoms with van der Waals surface area (Å²) in [6.45, 7) is 0.759. The number of nitrogens with zero attached hydrogens (tertiary/aromatic N) is 6. The topological polar surface area (TPSA) is 104 Å². The first-order valence-corrected chi connectivity index (χ1v) is 11.5. The lowest BCUT2D eigenvalue weighted by atomic mass is 10.1. The molecular weight excluding hydrogens is 412 g/mol. The summed E-state index contributed by atoms with van der Waals surface area (Å²) in [5, 5.41) is 18.3. The Bertz CT molecular complexity index is 1230. The van der Waals surface area contributed by atoms with Gasteiger partial charge in [-0.05, 0) is 37.8 Å². The zero-order chi connectivity index (χ0) is 20.8. The highest BCUT2D eigenvalue weighted by molar-refractivity contribution is 7.09. The summed E-state index contributed by atoms with van der Waals surface area (Å²) < 4.78 is 1.81. The molecule has 2 fully saturated rings. The quantitative estimate of drug-likeness (QED) is 0.460. The molecule has 0 bridgehead atoms. The molecule has 2 aliphatic rings. The Morgan fingerprint density at radius 3 is 3.10 bits per heavy atom. The minimum absolute atomic E-state index is 0.166. The molecule has 1 aliphatic carbocycles. The standard InChI is InChI=1S/C21H22N8OS/c30-17(12-19-22-7-10-31-19)15-3-1-8-28(15)21-24-20(16-4-2-9-29(16)27-21)23-18-11-14(25-26-18)13-5-6-13/h2,4,7,9-11,13,15H,1,3,5-6,8,12H2,(H2,23,24,25,26,27)/t15-/m0/s1. The van der Waals surface area contributed by atoms with Crippen LogP contribution in [-0.2, 0) is 11.2 Å². The Hall–Kier alpha value is -3.27. The van der Waals surface area contributed by atoms with Crippen molar-refractivity contribution in [3.05, 3.63) is 46.7 Å². The molecule has 0 radical (unpaired) electrons. The third kappa shape index (κ3) is 3.56. The second-order valence-electron chi connectivity index (χ2n) is 8.13. The molecule has 4 aromatic rings. The minimum atomic E-state index is -0.225. The molecule has 0 aromatic carbocycles. The van der Waals surface area contributed by atoms with E-state index in [2.05, 4.69) is 26.6 Å². The number of hydrogen-bond donors (Lipinski definition) is 2. The van der Waals surface area contributed by atoms with Crippen LogP contribution in [0.1, 0.15) is 42.3 Å². The highest BCUT2D eigenvalue weighted by Gasteiger charge is 2.33. The van der Waals surface area contributed by atoms with Crippen LogP contribution < -0.4 is 10.2 Å². The van der Waals surface area contributed by atoms with Gasteiger partial charge in [0.05, 0.1) is 17.5 Å². The van der Waals surface area contributed by atoms with Crippen LogP contribution in [0.25, 0.3) is 5.52 Å². The SMILES string of the molecule is O=C(Cc1nccs1)[C@@H]1CCCN1c1nc(Nc2cc(C3CC3)[nH]n2)c2cccn2n1. The van der Waals surface area contributed by atoms with Crippen molar-refractivity contribution >= 4 is 40.2 Å². The summed E-state index contributed by atoms with van der Waals surface area (Å²) in [7, 11) is 0. The number of Topliss-reactive ketones (excluding diaryl/α,β-unsaturated/α-hetero) is 1. The molecule has 1 saturated heterocycles. The molecule has 9 nitrogen and oxygen atoms in total. The molecule has 6 rings (SSSR count). The number of carbonyl (C=O) groups excluding carboxylic acids is 1. The van der Waals surface area contributed by atoms with E-state index in [9.17, 15) is 4.79 Å². The van der Waals surface area contributed by atoms with Gasteiger partial charge in [0, 0.05) is 42.0 Å². The third-order valence-corrected chi connectivity index (χ3v) is 6.71. The fraction of sp³-hybridized carbons (Fsp3) is 0.381. The highest BCUT2D eigenvalue weighted by atomic mass is 32.1. The van der Waals surface area contributed by atoms with Gasteiger partial charge in [0.25, 0.3) is 0 Å². The van der Waals surface area contributed by atoms with Crippen LogP contribution in [0.15, 0.2) is 36.0 Å². The Morgan fingerprint density at radius 1 is 1.32 bits per heavy atom. The normalized spacial score (nSPS) is 18.7. The summed E-state index contributed by atoms with van der Waals surface area (Å²) in [6, 6.07) is 5.73. The van der Waals surface area contributed by atoms with E-state index in [0.717, 1.165) is 41.4 Å². The van der Waals surface area contributed by atoms with Crippen molar-refractivity contribution in [2.45, 2.75) is 44.1 Å². The summed E-state index contributed by atoms with van der Waals surface area (Å²) in [5.41, 5.74) is 2.03. The van der Waals surface area contributed by atoms with E-state index < -0.39 is 0 Å². The van der Waals surface area contributed by atoms with Crippen molar-refractivity contribution in [3.8, 4) is 0 Å². The maximum atomic E-state index is 13.0. The molecule has 1 atom stereocenters. The van der Waals surface area contributed by atoms with E-state index >= 15 is 0 Å². The second kappa shape index (κ2) is 7.45. The zero-order valence-corrected chi connectivity index (χ0v) is 17.7. The molecule has 0 amide bonds. The number of carbonyl (C=O) groups is 1. The van der Waals surface area contributed by atoms with Gasteiger partial charge in [0.1, 0.15) is 5.52 Å². The number of H-pyrrole nitrogens is 1. The lowest BCUT2D eigenvalue weighted by Crippen LogP contribution is -2.38. The van der Waals surface area contributed by atoms with Crippen molar-refractivity contribution < 1.29 is 4.79 Å². The van der Waals surface area contributed by atoms with Crippen LogP contribution in [0.2, 0.25) is 0 Å². The number of aromatic nitrogens is 6. The molecule has 31 heavy (non-hydrogen) atoms. The van der Waals surface area contributed by atoms with Crippen molar-refractivity contribution in [2.75, 3.05) is 16.8 Å². The third-order valence-electron chi connectivity index (χ3n) is 5.93. The second-order valence-corrected chi connectivity index (χ2v) is 9.11. The van der Waals surface area contributed by atoms with Crippen molar-refractivity contribution in [1.29, 1.82) is 0 Å². The van der Waals surface area contributed by atoms with Crippen LogP contribution >= 0.6 is 11.3 Å². The molecule has 0 unspecified atom stereocenters. The number of nitrogens with one attached hydrogen (secondary N) is 2. The molecule has 1 aliphatic heterocycles. The van der Waals surface area contributed by atoms with Gasteiger partial charge < -0.3 is 10.2 Å². The van der Waals surface area contributed by atoms with Crippen molar-refractivity contribution in [3.63, 3.8) is 0 Å². The monoisotopic (exact) mass is 434 g/mol. The maximum absolute atomic E-state index is 13.0. The fourth-order valence-electron chi connectivity index (χ4n) is 4.21. The largest absolute Gasteiger partial charge is 0.329 e. The first-order chi connectivity index (χ1) is 15.2. The first-order valence-electron chi connectivity index (χ1n) is 10.6. The average Bonchev–Trinajstić information content (AvgIpc) is 3.27. The van der Waals surface area contributed by atoms with Gasteiger partial charge >= 0.3 is 0 Å². The predicted molar refractivity (Wildman–Crippen MR) is 118 cm³/mol. The first kappa shape index (κ1) is 18.5. The van der Waals surface area contributed by atoms with E-state index in [1.54, 1.807) is 10.7 Å². The van der Waals surface area contributed by atoms with Gasteiger partial charge in [-0.2, -0.15) is 10.1 Å². The van der Waals surface area contributed by atoms with Crippen LogP contribution in [0.3, 0.4) is 0 Å². The van der Waals surface area contributed by atoms with Gasteiger partial charge in [-0.3, -0.25) is 9.89 Å². The van der Waals surface area contributed by atoms with E-state index in [1.807, 2.05) is 28.6 Å². The molecular formula is C21H22N8OS. The van der Waals surface area contributed by atoms with E-state index in [4.69, 9.17) is 10.1 Å². The van der Waals surface area contributed by atoms with Gasteiger partial charge in [-0.1, -0.05) is 0 Å². The Morgan fingerprint density at radius 2 is 2.26 bits per heavy atom. The van der Waals surface area contributed by atoms with Crippen LogP contribution in [0, 0.1) is 0 Å². The minimum Gasteiger partial charge on any atom is -0.329 e. The number of anilines is 3. The summed E-state index contributed by atoms with van der Waals surface area (Å²) in [4.78, 5) is 24.1. The summed E-state index contributed by atoms with van der Waals surface area (Å²) >= 11 is 1.52. The number of thiazole rings is 1. The number of ketones is 1. The molecule has 158 valence electrons. The molecule has 4 aromatic heterocycles. The number of rotatable bonds is 7. The zero-order valence-electron chi connectivity index (χ0n) is 16.9. The molecule has 0 spiro atoms. The van der Waals surface area contributed by atoms with Gasteiger partial charge in [-0.15, -0.1) is 16.4 Å². The van der Waals surface area contributed by atoms with Crippen LogP contribution in [0.4, 0.5) is 17.6 Å². The van der Waals surface area contributed by atoms with Gasteiger partial charge in [0.2, 0.25) is 5.95 Å². The lowest BCUT2D eigenvalue weighted by Gasteiger charge is -2.24. The Kier molecular flexibility index (Phi) is 4.45. The summed E-state index contributed by atoms with van der Waals surface area (Å²) in [5.74, 6) is 2.75. The average molecular weight is 435 g/mol. The maximum Gasteiger partial charge on any atom is 0.246 e. The Labute approximate surface area is 182 Å². The van der Waals surface area contributed by atoms with Crippen molar-refractivity contribution in [2.24, 2.45) is 0 Å². The van der Waals surface area contributed by atoms with E-state index in [0.29, 0.717) is 24.1 Å². The van der Waals surface area contributed by atoms with Crippen molar-refractivity contribution in [1.82, 2.24) is 29.8 Å². The number of fused-ring (bicyclic) bond motifs is 1. The molecule has 2 N–H and O–H groups in total. The molecule has 1 saturated carbocycles. The number of hydrogen-bond acceptors (Lipinski definition) is 8. The fourth-order valence-corrected chi connectivity index (χ4v) is 4.84. The van der Waals surface area contributed by atoms with E-state index in [-0.39, 0.29) is 11.8 Å². The highest BCUT2D eigenvalue weighted by Crippen LogP contribution is 2.39. The molecule has 5 heterocycles. The summed E-state index contributed by atoms with van der Waals surface area (Å²) in [6.07, 6.45) is 8.17. The smallest absolute Gasteiger partial charge is 0.246 e. The van der Waals surface area contributed by atoms with Crippen LogP contribution in [0.5, 0.6) is 0 Å². The van der Waals surface area contributed by atoms with Gasteiger partial charge in [-0.25, -0.2) is 9.50 Å². The number of aromatic amines is 1.